The van der Waals surface area contributed by atoms with E-state index in [-0.39, 0.29) is 0 Å². The van der Waals surface area contributed by atoms with Crippen molar-refractivity contribution in [3.8, 4) is 0 Å². The molecule has 2 aliphatic rings. The molecule has 6 heteroatoms. The Morgan fingerprint density at radius 2 is 1.70 bits per heavy atom. The lowest BCUT2D eigenvalue weighted by Crippen LogP contribution is -2.59. The van der Waals surface area contributed by atoms with Crippen LogP contribution in [0.5, 0.6) is 0 Å². The molecule has 0 amide bonds. The van der Waals surface area contributed by atoms with Crippen molar-refractivity contribution in [1.29, 1.82) is 0 Å². The summed E-state index contributed by atoms with van der Waals surface area (Å²) in [4.78, 5) is 0. The zero-order valence-electron chi connectivity index (χ0n) is 16.9. The fourth-order valence-electron chi connectivity index (χ4n) is 3.74. The first-order valence-corrected chi connectivity index (χ1v) is 9.67. The second-order valence-corrected chi connectivity index (χ2v) is 8.25. The third-order valence-electron chi connectivity index (χ3n) is 5.27. The molecule has 152 valence electrons. The predicted octanol–water partition coefficient (Wildman–Crippen LogP) is 3.02. The number of rotatable bonds is 7. The van der Waals surface area contributed by atoms with Gasteiger partial charge in [0.1, 0.15) is 23.9 Å². The molecule has 1 aromatic rings. The maximum absolute atomic E-state index is 11.7. The lowest BCUT2D eigenvalue weighted by molar-refractivity contribution is -0.234. The van der Waals surface area contributed by atoms with Gasteiger partial charge in [0.15, 0.2) is 11.6 Å². The highest BCUT2D eigenvalue weighted by Crippen LogP contribution is 2.38. The van der Waals surface area contributed by atoms with Gasteiger partial charge in [-0.15, -0.1) is 0 Å². The molecule has 0 unspecified atom stereocenters. The van der Waals surface area contributed by atoms with E-state index < -0.39 is 35.5 Å². The van der Waals surface area contributed by atoms with Crippen LogP contribution in [0, 0.1) is 0 Å². The number of aliphatic hydroxyl groups is 1. The van der Waals surface area contributed by atoms with Crippen LogP contribution >= 0.6 is 0 Å². The average Bonchev–Trinajstić information content (AvgIpc) is 3.17. The fourth-order valence-corrected chi connectivity index (χ4v) is 3.74. The number of hydrogen-bond acceptors (Lipinski definition) is 6. The largest absolute Gasteiger partial charge is 0.384 e. The van der Waals surface area contributed by atoms with E-state index in [0.29, 0.717) is 26.2 Å². The number of benzene rings is 1. The van der Waals surface area contributed by atoms with Gasteiger partial charge in [-0.25, -0.2) is 0 Å². The first kappa shape index (κ1) is 20.7. The van der Waals surface area contributed by atoms with Gasteiger partial charge in [-0.2, -0.15) is 0 Å². The molecule has 0 aliphatic carbocycles. The summed E-state index contributed by atoms with van der Waals surface area (Å²) in [5.41, 5.74) is -0.236. The molecule has 2 fully saturated rings. The topological polar surface area (TPSA) is 66.4 Å². The Labute approximate surface area is 161 Å². The van der Waals surface area contributed by atoms with Gasteiger partial charge in [0.05, 0.1) is 19.8 Å². The van der Waals surface area contributed by atoms with Crippen molar-refractivity contribution in [2.45, 2.75) is 83.1 Å². The van der Waals surface area contributed by atoms with Crippen LogP contribution in [0.4, 0.5) is 0 Å². The molecule has 1 N–H and O–H groups in total. The van der Waals surface area contributed by atoms with E-state index in [0.717, 1.165) is 5.56 Å². The zero-order chi connectivity index (χ0) is 19.7. The molecule has 3 rings (SSSR count). The zero-order valence-corrected chi connectivity index (χ0v) is 16.9. The molecule has 0 spiro atoms. The van der Waals surface area contributed by atoms with E-state index in [2.05, 4.69) is 0 Å². The van der Waals surface area contributed by atoms with Crippen LogP contribution < -0.4 is 0 Å². The summed E-state index contributed by atoms with van der Waals surface area (Å²) in [6.07, 6.45) is -1.09. The lowest BCUT2D eigenvalue weighted by atomic mass is 9.84. The molecule has 0 bridgehead atoms. The van der Waals surface area contributed by atoms with Crippen LogP contribution in [-0.4, -0.2) is 53.8 Å². The Bertz CT molecular complexity index is 616. The van der Waals surface area contributed by atoms with Crippen molar-refractivity contribution in [2.75, 3.05) is 13.2 Å². The van der Waals surface area contributed by atoms with Crippen LogP contribution in [-0.2, 0) is 30.3 Å². The maximum Gasteiger partial charge on any atom is 0.163 e. The molecule has 2 saturated heterocycles. The third-order valence-corrected chi connectivity index (χ3v) is 5.27. The van der Waals surface area contributed by atoms with Gasteiger partial charge in [0, 0.05) is 0 Å². The van der Waals surface area contributed by atoms with Crippen molar-refractivity contribution in [3.05, 3.63) is 35.9 Å². The second-order valence-electron chi connectivity index (χ2n) is 8.25. The van der Waals surface area contributed by atoms with Gasteiger partial charge >= 0.3 is 0 Å². The Balaban J connectivity index is 1.83. The smallest absolute Gasteiger partial charge is 0.163 e. The van der Waals surface area contributed by atoms with Crippen LogP contribution in [0.3, 0.4) is 0 Å². The third kappa shape index (κ3) is 4.70. The van der Waals surface area contributed by atoms with Crippen molar-refractivity contribution < 1.29 is 28.8 Å². The number of hydrogen-bond donors (Lipinski definition) is 1. The summed E-state index contributed by atoms with van der Waals surface area (Å²) < 4.78 is 29.8. The highest BCUT2D eigenvalue weighted by molar-refractivity contribution is 5.14. The first-order valence-electron chi connectivity index (χ1n) is 9.67. The maximum atomic E-state index is 11.7. The van der Waals surface area contributed by atoms with Crippen molar-refractivity contribution in [2.24, 2.45) is 0 Å². The van der Waals surface area contributed by atoms with Gasteiger partial charge < -0.3 is 28.8 Å². The van der Waals surface area contributed by atoms with Gasteiger partial charge in [-0.1, -0.05) is 37.3 Å². The highest BCUT2D eigenvalue weighted by Gasteiger charge is 2.55. The van der Waals surface area contributed by atoms with Crippen molar-refractivity contribution in [3.63, 3.8) is 0 Å². The Hall–Kier alpha value is -1.02. The molecule has 4 atom stereocenters. The predicted molar refractivity (Wildman–Crippen MR) is 100 cm³/mol. The van der Waals surface area contributed by atoms with Crippen molar-refractivity contribution >= 4 is 0 Å². The molecular weight excluding hydrogens is 348 g/mol. The monoisotopic (exact) mass is 380 g/mol. The summed E-state index contributed by atoms with van der Waals surface area (Å²) >= 11 is 0. The Kier molecular flexibility index (Phi) is 5.96. The molecule has 2 heterocycles. The summed E-state index contributed by atoms with van der Waals surface area (Å²) in [5.74, 6) is -1.44. The van der Waals surface area contributed by atoms with E-state index in [1.54, 1.807) is 0 Å². The molecule has 2 aliphatic heterocycles. The quantitative estimate of drug-likeness (QED) is 0.784. The summed E-state index contributed by atoms with van der Waals surface area (Å²) in [6, 6.07) is 9.89. The summed E-state index contributed by atoms with van der Waals surface area (Å²) in [5, 5.41) is 11.7. The Morgan fingerprint density at radius 1 is 1.07 bits per heavy atom. The van der Waals surface area contributed by atoms with E-state index in [9.17, 15) is 5.11 Å². The normalized spacial score (nSPS) is 30.1. The second kappa shape index (κ2) is 7.78. The van der Waals surface area contributed by atoms with Gasteiger partial charge in [-0.05, 0) is 39.7 Å². The molecule has 0 radical (unpaired) electrons. The molecule has 1 aromatic carbocycles. The van der Waals surface area contributed by atoms with Crippen molar-refractivity contribution in [1.82, 2.24) is 0 Å². The minimum Gasteiger partial charge on any atom is -0.384 e. The van der Waals surface area contributed by atoms with Crippen LogP contribution in [0.2, 0.25) is 0 Å². The van der Waals surface area contributed by atoms with Gasteiger partial charge in [0.2, 0.25) is 0 Å². The number of ether oxygens (including phenoxy) is 5. The summed E-state index contributed by atoms with van der Waals surface area (Å²) in [6.45, 7) is 10.4. The van der Waals surface area contributed by atoms with Crippen LogP contribution in [0.1, 0.15) is 46.6 Å². The minimum absolute atomic E-state index is 0.305. The molecule has 6 nitrogen and oxygen atoms in total. The molecular formula is C21H32O6. The SMILES string of the molecule is CC[C@](O)([C@H](OCc1ccccc1)[C@H]1COC(C)(C)O1)[C@H]1COC(C)(C)O1. The van der Waals surface area contributed by atoms with Crippen LogP contribution in [0.25, 0.3) is 0 Å². The average molecular weight is 380 g/mol. The van der Waals surface area contributed by atoms with Crippen LogP contribution in [0.15, 0.2) is 30.3 Å². The van der Waals surface area contributed by atoms with Gasteiger partial charge in [0.25, 0.3) is 0 Å². The van der Waals surface area contributed by atoms with Gasteiger partial charge in [-0.3, -0.25) is 0 Å². The van der Waals surface area contributed by atoms with E-state index >= 15 is 0 Å². The fraction of sp³-hybridized carbons (Fsp3) is 0.714. The minimum atomic E-state index is -1.27. The van der Waals surface area contributed by atoms with E-state index in [1.165, 1.54) is 0 Å². The molecule has 27 heavy (non-hydrogen) atoms. The molecule has 0 saturated carbocycles. The Morgan fingerprint density at radius 3 is 2.22 bits per heavy atom. The first-order chi connectivity index (χ1) is 12.7. The standard InChI is InChI=1S/C21H32O6/c1-6-21(22,17-14-25-20(4,5)27-17)18(16-13-24-19(2,3)26-16)23-12-15-10-8-7-9-11-15/h7-11,16-18,22H,6,12-14H2,1-5H3/t16-,17-,18-,21-/m1/s1. The summed E-state index contributed by atoms with van der Waals surface area (Å²) in [7, 11) is 0. The highest BCUT2D eigenvalue weighted by atomic mass is 16.8. The lowest BCUT2D eigenvalue weighted by Gasteiger charge is -2.41. The molecule has 0 aromatic heterocycles. The van der Waals surface area contributed by atoms with E-state index in [1.807, 2.05) is 65.0 Å². The van der Waals surface area contributed by atoms with E-state index in [4.69, 9.17) is 23.7 Å².